The topological polar surface area (TPSA) is 63.4 Å². The summed E-state index contributed by atoms with van der Waals surface area (Å²) in [6.07, 6.45) is 1.80. The van der Waals surface area contributed by atoms with Crippen LogP contribution in [0.2, 0.25) is 0 Å². The molecule has 2 atom stereocenters. The monoisotopic (exact) mass is 294 g/mol. The number of fused-ring (bicyclic) bond motifs is 1. The molecule has 0 radical (unpaired) electrons. The van der Waals surface area contributed by atoms with E-state index in [9.17, 15) is 8.42 Å². The maximum atomic E-state index is 11.7. The molecule has 0 saturated carbocycles. The fraction of sp³-hybridized carbons (Fsp3) is 0.600. The van der Waals surface area contributed by atoms with Crippen molar-refractivity contribution in [3.05, 3.63) is 35.4 Å². The minimum absolute atomic E-state index is 0.195. The van der Waals surface area contributed by atoms with Crippen LogP contribution in [0, 0.1) is 5.92 Å². The van der Waals surface area contributed by atoms with Crippen LogP contribution < -0.4 is 5.73 Å². The third kappa shape index (κ3) is 2.75. The SMILES string of the molecule is NCC(C1CCS(=O)(=O)C1)N1CCc2ccccc2C1. The standard InChI is InChI=1S/C15H22N2O2S/c16-9-15(14-6-8-20(18,19)11-14)17-7-5-12-3-1-2-4-13(12)10-17/h1-4,14-15H,5-11,16H2. The molecule has 2 aliphatic rings. The number of hydrogen-bond donors (Lipinski definition) is 1. The lowest BCUT2D eigenvalue weighted by Crippen LogP contribution is -2.48. The molecule has 3 rings (SSSR count). The van der Waals surface area contributed by atoms with Crippen LogP contribution in [0.15, 0.2) is 24.3 Å². The zero-order valence-corrected chi connectivity index (χ0v) is 12.5. The van der Waals surface area contributed by atoms with Crippen LogP contribution >= 0.6 is 0 Å². The van der Waals surface area contributed by atoms with Crippen molar-refractivity contribution < 1.29 is 8.42 Å². The first kappa shape index (κ1) is 14.0. The first-order valence-electron chi connectivity index (χ1n) is 7.30. The van der Waals surface area contributed by atoms with E-state index in [1.165, 1.54) is 11.1 Å². The van der Waals surface area contributed by atoms with Crippen LogP contribution in [0.5, 0.6) is 0 Å². The molecule has 2 N–H and O–H groups in total. The van der Waals surface area contributed by atoms with E-state index in [0.717, 1.165) is 25.9 Å². The Morgan fingerprint density at radius 1 is 1.30 bits per heavy atom. The largest absolute Gasteiger partial charge is 0.329 e. The highest BCUT2D eigenvalue weighted by Crippen LogP contribution is 2.28. The molecule has 2 heterocycles. The molecule has 110 valence electrons. The summed E-state index contributed by atoms with van der Waals surface area (Å²) in [5.41, 5.74) is 8.73. The summed E-state index contributed by atoms with van der Waals surface area (Å²) in [4.78, 5) is 2.38. The van der Waals surface area contributed by atoms with E-state index in [0.29, 0.717) is 18.1 Å². The van der Waals surface area contributed by atoms with Gasteiger partial charge in [-0.2, -0.15) is 0 Å². The Balaban J connectivity index is 1.75. The molecule has 5 heteroatoms. The molecule has 2 unspecified atom stereocenters. The summed E-state index contributed by atoms with van der Waals surface area (Å²) in [5.74, 6) is 0.848. The highest BCUT2D eigenvalue weighted by molar-refractivity contribution is 7.91. The van der Waals surface area contributed by atoms with Gasteiger partial charge in [-0.15, -0.1) is 0 Å². The number of rotatable bonds is 3. The lowest BCUT2D eigenvalue weighted by atomic mass is 9.93. The van der Waals surface area contributed by atoms with Crippen molar-refractivity contribution in [1.29, 1.82) is 0 Å². The zero-order chi connectivity index (χ0) is 14.2. The number of hydrogen-bond acceptors (Lipinski definition) is 4. The van der Waals surface area contributed by atoms with Crippen LogP contribution in [0.4, 0.5) is 0 Å². The maximum absolute atomic E-state index is 11.7. The second-order valence-corrected chi connectivity index (χ2v) is 8.18. The molecule has 0 spiro atoms. The molecule has 4 nitrogen and oxygen atoms in total. The summed E-state index contributed by atoms with van der Waals surface area (Å²) in [6.45, 7) is 2.42. The summed E-state index contributed by atoms with van der Waals surface area (Å²) in [5, 5.41) is 0. The van der Waals surface area contributed by atoms with Gasteiger partial charge in [-0.25, -0.2) is 8.42 Å². The van der Waals surface area contributed by atoms with E-state index in [1.54, 1.807) is 0 Å². The number of nitrogens with zero attached hydrogens (tertiary/aromatic N) is 1. The third-order valence-corrected chi connectivity index (χ3v) is 6.48. The van der Waals surface area contributed by atoms with E-state index >= 15 is 0 Å². The Kier molecular flexibility index (Phi) is 3.84. The molecule has 1 aromatic rings. The first-order chi connectivity index (χ1) is 9.59. The Morgan fingerprint density at radius 2 is 2.05 bits per heavy atom. The molecular weight excluding hydrogens is 272 g/mol. The summed E-state index contributed by atoms with van der Waals surface area (Å²) < 4.78 is 23.4. The molecule has 2 aliphatic heterocycles. The highest BCUT2D eigenvalue weighted by atomic mass is 32.2. The zero-order valence-electron chi connectivity index (χ0n) is 11.7. The third-order valence-electron chi connectivity index (χ3n) is 4.68. The Morgan fingerprint density at radius 3 is 2.70 bits per heavy atom. The van der Waals surface area contributed by atoms with Gasteiger partial charge in [0.1, 0.15) is 0 Å². The van der Waals surface area contributed by atoms with E-state index in [4.69, 9.17) is 5.73 Å². The quantitative estimate of drug-likeness (QED) is 0.896. The Labute approximate surface area is 120 Å². The molecule has 0 bridgehead atoms. The van der Waals surface area contributed by atoms with E-state index in [2.05, 4.69) is 29.2 Å². The predicted molar refractivity (Wildman–Crippen MR) is 80.2 cm³/mol. The van der Waals surface area contributed by atoms with E-state index in [1.807, 2.05) is 0 Å². The van der Waals surface area contributed by atoms with Gasteiger partial charge in [0, 0.05) is 25.7 Å². The first-order valence-corrected chi connectivity index (χ1v) is 9.12. The molecule has 0 aliphatic carbocycles. The average Bonchev–Trinajstić information content (AvgIpc) is 2.80. The maximum Gasteiger partial charge on any atom is 0.150 e. The summed E-state index contributed by atoms with van der Waals surface area (Å²) in [7, 11) is -2.83. The van der Waals surface area contributed by atoms with Crippen molar-refractivity contribution in [2.45, 2.75) is 25.4 Å². The number of benzene rings is 1. The van der Waals surface area contributed by atoms with Crippen molar-refractivity contribution in [1.82, 2.24) is 4.90 Å². The van der Waals surface area contributed by atoms with Crippen LogP contribution in [0.1, 0.15) is 17.5 Å². The fourth-order valence-electron chi connectivity index (χ4n) is 3.57. The van der Waals surface area contributed by atoms with Gasteiger partial charge in [-0.3, -0.25) is 4.90 Å². The summed E-state index contributed by atoms with van der Waals surface area (Å²) in [6, 6.07) is 8.70. The van der Waals surface area contributed by atoms with Crippen molar-refractivity contribution in [2.75, 3.05) is 24.6 Å². The summed E-state index contributed by atoms with van der Waals surface area (Å²) >= 11 is 0. The lowest BCUT2D eigenvalue weighted by molar-refractivity contribution is 0.140. The molecule has 20 heavy (non-hydrogen) atoms. The van der Waals surface area contributed by atoms with Gasteiger partial charge in [-0.05, 0) is 29.9 Å². The molecule has 0 amide bonds. The van der Waals surface area contributed by atoms with Gasteiger partial charge in [0.05, 0.1) is 11.5 Å². The van der Waals surface area contributed by atoms with Crippen molar-refractivity contribution in [3.63, 3.8) is 0 Å². The second-order valence-electron chi connectivity index (χ2n) is 5.96. The van der Waals surface area contributed by atoms with E-state index < -0.39 is 9.84 Å². The fourth-order valence-corrected chi connectivity index (χ4v) is 5.44. The van der Waals surface area contributed by atoms with Gasteiger partial charge >= 0.3 is 0 Å². The van der Waals surface area contributed by atoms with Crippen LogP contribution in [0.3, 0.4) is 0 Å². The van der Waals surface area contributed by atoms with Gasteiger partial charge in [-0.1, -0.05) is 24.3 Å². The van der Waals surface area contributed by atoms with Crippen molar-refractivity contribution in [2.24, 2.45) is 11.7 Å². The lowest BCUT2D eigenvalue weighted by Gasteiger charge is -2.37. The number of nitrogens with two attached hydrogens (primary N) is 1. The minimum Gasteiger partial charge on any atom is -0.329 e. The Hall–Kier alpha value is -0.910. The van der Waals surface area contributed by atoms with Crippen LogP contribution in [-0.4, -0.2) is 44.0 Å². The number of sulfone groups is 1. The van der Waals surface area contributed by atoms with Gasteiger partial charge in [0.15, 0.2) is 9.84 Å². The molecule has 1 saturated heterocycles. The van der Waals surface area contributed by atoms with Crippen LogP contribution in [-0.2, 0) is 22.8 Å². The second kappa shape index (κ2) is 5.47. The molecule has 0 aromatic heterocycles. The molecule has 1 fully saturated rings. The Bertz CT molecular complexity index is 585. The minimum atomic E-state index is -2.83. The normalized spacial score (nSPS) is 27.1. The van der Waals surface area contributed by atoms with E-state index in [-0.39, 0.29) is 12.0 Å². The van der Waals surface area contributed by atoms with Gasteiger partial charge in [0.25, 0.3) is 0 Å². The smallest absolute Gasteiger partial charge is 0.150 e. The van der Waals surface area contributed by atoms with Crippen molar-refractivity contribution in [3.8, 4) is 0 Å². The predicted octanol–water partition coefficient (Wildman–Crippen LogP) is 0.807. The molecule has 1 aromatic carbocycles. The highest BCUT2D eigenvalue weighted by Gasteiger charge is 2.36. The average molecular weight is 294 g/mol. The van der Waals surface area contributed by atoms with Gasteiger partial charge in [0.2, 0.25) is 0 Å². The van der Waals surface area contributed by atoms with Crippen molar-refractivity contribution >= 4 is 9.84 Å². The van der Waals surface area contributed by atoms with Crippen LogP contribution in [0.25, 0.3) is 0 Å². The molecular formula is C15H22N2O2S. The van der Waals surface area contributed by atoms with Gasteiger partial charge < -0.3 is 5.73 Å².